The van der Waals surface area contributed by atoms with Crippen molar-refractivity contribution in [2.45, 2.75) is 13.3 Å². The first kappa shape index (κ1) is 18.1. The highest BCUT2D eigenvalue weighted by Gasteiger charge is 2.11. The van der Waals surface area contributed by atoms with E-state index in [9.17, 15) is 14.0 Å². The lowest BCUT2D eigenvalue weighted by atomic mass is 10.2. The summed E-state index contributed by atoms with van der Waals surface area (Å²) < 4.78 is 18.6. The molecule has 0 aliphatic carbocycles. The number of amides is 2. The third kappa shape index (κ3) is 5.13. The van der Waals surface area contributed by atoms with Crippen LogP contribution in [0.3, 0.4) is 0 Å². The van der Waals surface area contributed by atoms with Crippen molar-refractivity contribution in [1.29, 1.82) is 0 Å². The summed E-state index contributed by atoms with van der Waals surface area (Å²) in [6.07, 6.45) is -0.0828. The van der Waals surface area contributed by atoms with Crippen LogP contribution in [0, 0.1) is 5.82 Å². The average Bonchev–Trinajstić information content (AvgIpc) is 2.61. The lowest BCUT2D eigenvalue weighted by Gasteiger charge is -2.08. The molecule has 2 amide bonds. The van der Waals surface area contributed by atoms with Crippen molar-refractivity contribution >= 4 is 23.2 Å². The summed E-state index contributed by atoms with van der Waals surface area (Å²) in [7, 11) is 1.47. The van der Waals surface area contributed by atoms with Crippen molar-refractivity contribution < 1.29 is 18.7 Å². The monoisotopic (exact) mass is 343 g/mol. The minimum Gasteiger partial charge on any atom is -0.496 e. The number of carbonyl (C=O) groups excluding carboxylic acids is 2. The van der Waals surface area contributed by atoms with Crippen molar-refractivity contribution in [2.24, 2.45) is 5.10 Å². The van der Waals surface area contributed by atoms with Gasteiger partial charge in [0.05, 0.1) is 24.8 Å². The molecule has 25 heavy (non-hydrogen) atoms. The molecule has 0 bridgehead atoms. The van der Waals surface area contributed by atoms with Crippen LogP contribution in [-0.4, -0.2) is 24.6 Å². The topological polar surface area (TPSA) is 79.8 Å². The van der Waals surface area contributed by atoms with Crippen molar-refractivity contribution in [1.82, 2.24) is 5.43 Å². The highest BCUT2D eigenvalue weighted by Crippen LogP contribution is 2.16. The molecule has 0 spiro atoms. The molecule has 0 aliphatic rings. The number of benzene rings is 2. The molecule has 2 aromatic rings. The van der Waals surface area contributed by atoms with E-state index in [1.165, 1.54) is 25.3 Å². The zero-order valence-corrected chi connectivity index (χ0v) is 13.9. The van der Waals surface area contributed by atoms with E-state index in [0.29, 0.717) is 17.0 Å². The third-order valence-corrected chi connectivity index (χ3v) is 3.26. The van der Waals surface area contributed by atoms with E-state index >= 15 is 0 Å². The van der Waals surface area contributed by atoms with Gasteiger partial charge in [0.2, 0.25) is 5.91 Å². The minimum absolute atomic E-state index is 0.0828. The molecule has 0 heterocycles. The normalized spacial score (nSPS) is 10.9. The second-order valence-electron chi connectivity index (χ2n) is 5.19. The Morgan fingerprint density at radius 1 is 1.12 bits per heavy atom. The van der Waals surface area contributed by atoms with Gasteiger partial charge in [0, 0.05) is 5.71 Å². The fourth-order valence-corrected chi connectivity index (χ4v) is 2.07. The molecule has 0 aromatic heterocycles. The number of methoxy groups -OCH3 is 1. The number of rotatable bonds is 6. The number of anilines is 1. The quantitative estimate of drug-likeness (QED) is 0.625. The highest BCUT2D eigenvalue weighted by atomic mass is 19.1. The predicted molar refractivity (Wildman–Crippen MR) is 93.2 cm³/mol. The Balaban J connectivity index is 1.94. The van der Waals surface area contributed by atoms with E-state index in [1.54, 1.807) is 37.3 Å². The van der Waals surface area contributed by atoms with Gasteiger partial charge in [-0.1, -0.05) is 24.3 Å². The molecule has 2 rings (SSSR count). The van der Waals surface area contributed by atoms with Gasteiger partial charge in [-0.25, -0.2) is 9.82 Å². The average molecular weight is 343 g/mol. The van der Waals surface area contributed by atoms with Crippen LogP contribution in [0.5, 0.6) is 5.75 Å². The van der Waals surface area contributed by atoms with Gasteiger partial charge in [0.1, 0.15) is 11.6 Å². The van der Waals surface area contributed by atoms with Crippen molar-refractivity contribution in [3.8, 4) is 5.75 Å². The lowest BCUT2D eigenvalue weighted by molar-refractivity contribution is -0.115. The van der Waals surface area contributed by atoms with Crippen molar-refractivity contribution in [3.05, 3.63) is 59.9 Å². The summed E-state index contributed by atoms with van der Waals surface area (Å²) in [6, 6.07) is 12.6. The van der Waals surface area contributed by atoms with Crippen LogP contribution in [0.25, 0.3) is 0 Å². The molecule has 7 heteroatoms. The highest BCUT2D eigenvalue weighted by molar-refractivity contribution is 6.06. The first-order chi connectivity index (χ1) is 12.0. The fourth-order valence-electron chi connectivity index (χ4n) is 2.07. The Kier molecular flexibility index (Phi) is 6.22. The number of hydrazone groups is 1. The number of hydrogen-bond donors (Lipinski definition) is 2. The van der Waals surface area contributed by atoms with Crippen LogP contribution in [0.1, 0.15) is 23.7 Å². The van der Waals surface area contributed by atoms with Gasteiger partial charge in [-0.05, 0) is 31.2 Å². The van der Waals surface area contributed by atoms with Gasteiger partial charge < -0.3 is 10.1 Å². The molecule has 0 fully saturated rings. The minimum atomic E-state index is -0.519. The van der Waals surface area contributed by atoms with E-state index in [1.807, 2.05) is 0 Å². The number of carbonyl (C=O) groups is 2. The summed E-state index contributed by atoms with van der Waals surface area (Å²) in [4.78, 5) is 24.0. The van der Waals surface area contributed by atoms with Crippen LogP contribution in [0.4, 0.5) is 10.1 Å². The lowest BCUT2D eigenvalue weighted by Crippen LogP contribution is -2.22. The molecule has 2 N–H and O–H groups in total. The van der Waals surface area contributed by atoms with E-state index in [-0.39, 0.29) is 12.1 Å². The van der Waals surface area contributed by atoms with Gasteiger partial charge in [-0.2, -0.15) is 5.10 Å². The van der Waals surface area contributed by atoms with E-state index in [2.05, 4.69) is 15.8 Å². The summed E-state index contributed by atoms with van der Waals surface area (Å²) >= 11 is 0. The molecule has 2 aromatic carbocycles. The summed E-state index contributed by atoms with van der Waals surface area (Å²) in [6.45, 7) is 1.59. The maximum Gasteiger partial charge on any atom is 0.275 e. The predicted octanol–water partition coefficient (Wildman–Crippen LogP) is 2.97. The SMILES string of the molecule is COc1ccccc1C(=O)N/N=C(\C)CC(=O)Nc1ccccc1F. The molecular weight excluding hydrogens is 325 g/mol. The molecule has 130 valence electrons. The van der Waals surface area contributed by atoms with Crippen LogP contribution in [0.2, 0.25) is 0 Å². The number of hydrogen-bond acceptors (Lipinski definition) is 4. The second kappa shape index (κ2) is 8.58. The van der Waals surface area contributed by atoms with Crippen LogP contribution in [0.15, 0.2) is 53.6 Å². The second-order valence-corrected chi connectivity index (χ2v) is 5.19. The third-order valence-electron chi connectivity index (χ3n) is 3.26. The van der Waals surface area contributed by atoms with Gasteiger partial charge in [0.25, 0.3) is 5.91 Å². The molecule has 6 nitrogen and oxygen atoms in total. The number of nitrogens with zero attached hydrogens (tertiary/aromatic N) is 1. The van der Waals surface area contributed by atoms with Crippen molar-refractivity contribution in [2.75, 3.05) is 12.4 Å². The molecular formula is C18H18FN3O3. The standard InChI is InChI=1S/C18H18FN3O3/c1-12(11-17(23)20-15-9-5-4-8-14(15)19)21-22-18(24)13-7-3-6-10-16(13)25-2/h3-10H,11H2,1-2H3,(H,20,23)(H,22,24)/b21-12+. The largest absolute Gasteiger partial charge is 0.496 e. The molecule has 0 atom stereocenters. The van der Waals surface area contributed by atoms with Crippen LogP contribution in [-0.2, 0) is 4.79 Å². The van der Waals surface area contributed by atoms with Gasteiger partial charge in [-0.15, -0.1) is 0 Å². The fraction of sp³-hybridized carbons (Fsp3) is 0.167. The molecule has 0 unspecified atom stereocenters. The zero-order valence-electron chi connectivity index (χ0n) is 13.9. The van der Waals surface area contributed by atoms with E-state index in [4.69, 9.17) is 4.74 Å². The Morgan fingerprint density at radius 3 is 2.52 bits per heavy atom. The number of ether oxygens (including phenoxy) is 1. The summed E-state index contributed by atoms with van der Waals surface area (Å²) in [5.41, 5.74) is 3.17. The Morgan fingerprint density at radius 2 is 1.80 bits per heavy atom. The Bertz CT molecular complexity index is 806. The maximum atomic E-state index is 13.5. The van der Waals surface area contributed by atoms with Crippen LogP contribution >= 0.6 is 0 Å². The number of halogens is 1. The Labute approximate surface area is 144 Å². The van der Waals surface area contributed by atoms with E-state index < -0.39 is 17.6 Å². The Hall–Kier alpha value is -3.22. The summed E-state index contributed by atoms with van der Waals surface area (Å²) in [5, 5.41) is 6.34. The zero-order chi connectivity index (χ0) is 18.2. The van der Waals surface area contributed by atoms with Crippen molar-refractivity contribution in [3.63, 3.8) is 0 Å². The van der Waals surface area contributed by atoms with E-state index in [0.717, 1.165) is 0 Å². The smallest absolute Gasteiger partial charge is 0.275 e. The molecule has 0 aliphatic heterocycles. The van der Waals surface area contributed by atoms with Gasteiger partial charge in [-0.3, -0.25) is 9.59 Å². The van der Waals surface area contributed by atoms with Gasteiger partial charge in [0.15, 0.2) is 0 Å². The van der Waals surface area contributed by atoms with Crippen LogP contribution < -0.4 is 15.5 Å². The number of para-hydroxylation sites is 2. The molecule has 0 radical (unpaired) electrons. The summed E-state index contributed by atoms with van der Waals surface area (Å²) in [5.74, 6) is -0.982. The number of nitrogens with one attached hydrogen (secondary N) is 2. The van der Waals surface area contributed by atoms with Gasteiger partial charge >= 0.3 is 0 Å². The first-order valence-corrected chi connectivity index (χ1v) is 7.52. The molecule has 0 saturated carbocycles. The first-order valence-electron chi connectivity index (χ1n) is 7.52. The molecule has 0 saturated heterocycles. The maximum absolute atomic E-state index is 13.5.